The summed E-state index contributed by atoms with van der Waals surface area (Å²) in [6.07, 6.45) is 7.54. The van der Waals surface area contributed by atoms with Gasteiger partial charge in [-0.15, -0.1) is 0 Å². The highest BCUT2D eigenvalue weighted by atomic mass is 16.5. The lowest BCUT2D eigenvalue weighted by atomic mass is 10.0. The Balaban J connectivity index is 2.10. The molecule has 0 spiro atoms. The Hall–Kier alpha value is -2.03. The minimum absolute atomic E-state index is 0.382. The first-order chi connectivity index (χ1) is 11.6. The van der Waals surface area contributed by atoms with E-state index < -0.39 is 0 Å². The second kappa shape index (κ2) is 7.25. The highest BCUT2D eigenvalue weighted by Crippen LogP contribution is 2.37. The van der Waals surface area contributed by atoms with Crippen LogP contribution in [-0.2, 0) is 12.8 Å². The van der Waals surface area contributed by atoms with Gasteiger partial charge >= 0.3 is 0 Å². The standard InChI is InChI=1S/C21H28N2O/c1-5-7-11-24-20-13-19-18(12-15(20)6-2)16-9-8-10-17(16)21(23-19)22-14(3)4/h6,12-14H,2,5,7-11H2,1,3-4H3,(H,22,23). The zero-order valence-corrected chi connectivity index (χ0v) is 15.1. The van der Waals surface area contributed by atoms with Crippen molar-refractivity contribution in [2.24, 2.45) is 0 Å². The van der Waals surface area contributed by atoms with Gasteiger partial charge in [-0.1, -0.05) is 26.0 Å². The molecule has 0 atom stereocenters. The van der Waals surface area contributed by atoms with Crippen molar-refractivity contribution in [3.05, 3.63) is 35.4 Å². The quantitative estimate of drug-likeness (QED) is 0.696. The van der Waals surface area contributed by atoms with E-state index in [1.165, 1.54) is 22.9 Å². The van der Waals surface area contributed by atoms with Crippen LogP contribution < -0.4 is 10.1 Å². The number of pyridine rings is 1. The SMILES string of the molecule is C=Cc1cc2c3c(c(NC(C)C)nc2cc1OCCCC)CCC3. The minimum atomic E-state index is 0.382. The van der Waals surface area contributed by atoms with Gasteiger partial charge in [0.25, 0.3) is 0 Å². The maximum Gasteiger partial charge on any atom is 0.130 e. The lowest BCUT2D eigenvalue weighted by molar-refractivity contribution is 0.309. The Morgan fingerprint density at radius 1 is 1.29 bits per heavy atom. The molecular weight excluding hydrogens is 296 g/mol. The van der Waals surface area contributed by atoms with E-state index in [-0.39, 0.29) is 0 Å². The molecule has 0 bridgehead atoms. The molecule has 3 nitrogen and oxygen atoms in total. The van der Waals surface area contributed by atoms with E-state index in [0.29, 0.717) is 6.04 Å². The number of aryl methyl sites for hydroxylation is 1. The van der Waals surface area contributed by atoms with Gasteiger partial charge in [0.05, 0.1) is 12.1 Å². The monoisotopic (exact) mass is 324 g/mol. The van der Waals surface area contributed by atoms with Gasteiger partial charge in [-0.3, -0.25) is 0 Å². The second-order valence-electron chi connectivity index (χ2n) is 6.88. The number of fused-ring (bicyclic) bond motifs is 3. The predicted molar refractivity (Wildman–Crippen MR) is 103 cm³/mol. The van der Waals surface area contributed by atoms with Crippen LogP contribution in [0.4, 0.5) is 5.82 Å². The smallest absolute Gasteiger partial charge is 0.130 e. The molecule has 3 rings (SSSR count). The molecule has 0 saturated carbocycles. The number of nitrogens with one attached hydrogen (secondary N) is 1. The molecule has 0 fully saturated rings. The predicted octanol–water partition coefficient (Wildman–Crippen LogP) is 5.37. The number of benzene rings is 1. The largest absolute Gasteiger partial charge is 0.493 e. The van der Waals surface area contributed by atoms with Crippen LogP contribution in [-0.4, -0.2) is 17.6 Å². The average Bonchev–Trinajstić information content (AvgIpc) is 3.04. The van der Waals surface area contributed by atoms with Crippen LogP contribution >= 0.6 is 0 Å². The molecule has 2 aromatic rings. The third-order valence-electron chi connectivity index (χ3n) is 4.59. The number of aromatic nitrogens is 1. The summed E-state index contributed by atoms with van der Waals surface area (Å²) in [5.74, 6) is 1.95. The summed E-state index contributed by atoms with van der Waals surface area (Å²) in [7, 11) is 0. The Morgan fingerprint density at radius 3 is 2.79 bits per heavy atom. The summed E-state index contributed by atoms with van der Waals surface area (Å²) in [6.45, 7) is 11.2. The fraction of sp³-hybridized carbons (Fsp3) is 0.476. The first-order valence-electron chi connectivity index (χ1n) is 9.15. The van der Waals surface area contributed by atoms with Crippen molar-refractivity contribution in [2.75, 3.05) is 11.9 Å². The zero-order chi connectivity index (χ0) is 17.1. The van der Waals surface area contributed by atoms with E-state index in [0.717, 1.165) is 54.9 Å². The van der Waals surface area contributed by atoms with Gasteiger partial charge < -0.3 is 10.1 Å². The maximum absolute atomic E-state index is 5.99. The number of hydrogen-bond acceptors (Lipinski definition) is 3. The fourth-order valence-electron chi connectivity index (χ4n) is 3.41. The first-order valence-corrected chi connectivity index (χ1v) is 9.15. The zero-order valence-electron chi connectivity index (χ0n) is 15.1. The number of anilines is 1. The molecule has 3 heteroatoms. The molecule has 0 radical (unpaired) electrons. The average molecular weight is 324 g/mol. The van der Waals surface area contributed by atoms with Crippen LogP contribution in [0.5, 0.6) is 5.75 Å². The molecule has 0 unspecified atom stereocenters. The van der Waals surface area contributed by atoms with Gasteiger partial charge in [0.2, 0.25) is 0 Å². The topological polar surface area (TPSA) is 34.2 Å². The van der Waals surface area contributed by atoms with Crippen LogP contribution in [0.2, 0.25) is 0 Å². The number of ether oxygens (including phenoxy) is 1. The van der Waals surface area contributed by atoms with Gasteiger partial charge in [-0.25, -0.2) is 4.98 Å². The van der Waals surface area contributed by atoms with Gasteiger partial charge in [0, 0.05) is 23.1 Å². The molecule has 0 amide bonds. The van der Waals surface area contributed by atoms with Gasteiger partial charge in [-0.2, -0.15) is 0 Å². The van der Waals surface area contributed by atoms with Crippen molar-refractivity contribution in [2.45, 2.75) is 58.9 Å². The number of hydrogen-bond donors (Lipinski definition) is 1. The van der Waals surface area contributed by atoms with E-state index in [1.54, 1.807) is 0 Å². The molecule has 0 aliphatic heterocycles. The Morgan fingerprint density at radius 2 is 2.08 bits per heavy atom. The van der Waals surface area contributed by atoms with Gasteiger partial charge in [0.15, 0.2) is 0 Å². The van der Waals surface area contributed by atoms with Crippen molar-refractivity contribution in [3.8, 4) is 5.75 Å². The third kappa shape index (κ3) is 3.26. The van der Waals surface area contributed by atoms with Crippen molar-refractivity contribution in [1.82, 2.24) is 4.98 Å². The van der Waals surface area contributed by atoms with Crippen LogP contribution in [0, 0.1) is 0 Å². The molecule has 1 N–H and O–H groups in total. The summed E-state index contributed by atoms with van der Waals surface area (Å²) in [4.78, 5) is 4.93. The number of nitrogens with zero attached hydrogens (tertiary/aromatic N) is 1. The Kier molecular flexibility index (Phi) is 5.08. The first kappa shape index (κ1) is 16.8. The molecule has 1 aliphatic carbocycles. The van der Waals surface area contributed by atoms with Crippen molar-refractivity contribution < 1.29 is 4.74 Å². The van der Waals surface area contributed by atoms with Crippen LogP contribution in [0.3, 0.4) is 0 Å². The van der Waals surface area contributed by atoms with E-state index in [2.05, 4.69) is 44.8 Å². The van der Waals surface area contributed by atoms with E-state index >= 15 is 0 Å². The Labute approximate surface area is 145 Å². The van der Waals surface area contributed by atoms with Crippen LogP contribution in [0.1, 0.15) is 56.7 Å². The highest BCUT2D eigenvalue weighted by Gasteiger charge is 2.21. The summed E-state index contributed by atoms with van der Waals surface area (Å²) < 4.78 is 5.99. The molecule has 1 aromatic carbocycles. The molecule has 128 valence electrons. The summed E-state index contributed by atoms with van der Waals surface area (Å²) in [5, 5.41) is 4.78. The van der Waals surface area contributed by atoms with E-state index in [9.17, 15) is 0 Å². The summed E-state index contributed by atoms with van der Waals surface area (Å²) >= 11 is 0. The number of unbranched alkanes of at least 4 members (excludes halogenated alkanes) is 1. The minimum Gasteiger partial charge on any atom is -0.493 e. The molecule has 1 aliphatic rings. The molecule has 1 heterocycles. The lowest BCUT2D eigenvalue weighted by Crippen LogP contribution is -2.13. The normalized spacial score (nSPS) is 13.3. The van der Waals surface area contributed by atoms with Crippen LogP contribution in [0.15, 0.2) is 18.7 Å². The maximum atomic E-state index is 5.99. The fourth-order valence-corrected chi connectivity index (χ4v) is 3.41. The number of rotatable bonds is 7. The lowest BCUT2D eigenvalue weighted by Gasteiger charge is -2.17. The highest BCUT2D eigenvalue weighted by molar-refractivity contribution is 5.90. The summed E-state index contributed by atoms with van der Waals surface area (Å²) in [6, 6.07) is 4.68. The van der Waals surface area contributed by atoms with Crippen molar-refractivity contribution in [1.29, 1.82) is 0 Å². The Bertz CT molecular complexity index is 749. The van der Waals surface area contributed by atoms with E-state index in [1.807, 2.05) is 6.08 Å². The van der Waals surface area contributed by atoms with Crippen molar-refractivity contribution in [3.63, 3.8) is 0 Å². The summed E-state index contributed by atoms with van der Waals surface area (Å²) in [5.41, 5.74) is 4.94. The molecule has 1 aromatic heterocycles. The molecule has 24 heavy (non-hydrogen) atoms. The molecular formula is C21H28N2O. The van der Waals surface area contributed by atoms with E-state index in [4.69, 9.17) is 9.72 Å². The van der Waals surface area contributed by atoms with Gasteiger partial charge in [-0.05, 0) is 56.7 Å². The van der Waals surface area contributed by atoms with Gasteiger partial charge in [0.1, 0.15) is 11.6 Å². The van der Waals surface area contributed by atoms with Crippen LogP contribution in [0.25, 0.3) is 17.0 Å². The molecule has 0 saturated heterocycles. The third-order valence-corrected chi connectivity index (χ3v) is 4.59. The van der Waals surface area contributed by atoms with Crippen molar-refractivity contribution >= 4 is 22.8 Å². The second-order valence-corrected chi connectivity index (χ2v) is 6.88.